The van der Waals surface area contributed by atoms with Crippen molar-refractivity contribution < 1.29 is 21.6 Å². The SMILES string of the molecule is CC(Cc1cc(-c2cccc(-c3cncc(Oc4ccc(S(C)(=O)=O)cc4)c3)c2)c2ncccc2c1)S(C)(=O)=O. The smallest absolute Gasteiger partial charge is 0.175 e. The molecule has 5 aromatic rings. The van der Waals surface area contributed by atoms with E-state index < -0.39 is 24.9 Å². The summed E-state index contributed by atoms with van der Waals surface area (Å²) in [6.45, 7) is 1.73. The third kappa shape index (κ3) is 6.21. The lowest BCUT2D eigenvalue weighted by molar-refractivity contribution is 0.480. The maximum absolute atomic E-state index is 12.1. The van der Waals surface area contributed by atoms with Gasteiger partial charge in [-0.1, -0.05) is 24.3 Å². The topological polar surface area (TPSA) is 103 Å². The Balaban J connectivity index is 1.49. The van der Waals surface area contributed by atoms with Gasteiger partial charge in [0.05, 0.1) is 21.9 Å². The first-order chi connectivity index (χ1) is 19.0. The fourth-order valence-electron chi connectivity index (χ4n) is 4.47. The standard InChI is InChI=1S/C31H28N2O5S2/c1-21(39(2,34)35)14-22-15-25-8-5-13-33-31(25)30(16-22)24-7-4-6-23(17-24)26-18-28(20-32-19-26)38-27-9-11-29(12-10-27)40(3,36)37/h4-13,15-21H,14H2,1-3H3. The maximum Gasteiger partial charge on any atom is 0.175 e. The molecular weight excluding hydrogens is 544 g/mol. The van der Waals surface area contributed by atoms with E-state index in [1.54, 1.807) is 37.6 Å². The van der Waals surface area contributed by atoms with E-state index in [1.807, 2.05) is 48.5 Å². The molecule has 0 bridgehead atoms. The molecule has 0 radical (unpaired) electrons. The Morgan fingerprint density at radius 3 is 2.25 bits per heavy atom. The molecule has 2 heterocycles. The summed E-state index contributed by atoms with van der Waals surface area (Å²) >= 11 is 0. The fourth-order valence-corrected chi connectivity index (χ4v) is 5.59. The summed E-state index contributed by atoms with van der Waals surface area (Å²) in [5.41, 5.74) is 5.38. The Labute approximate surface area is 234 Å². The van der Waals surface area contributed by atoms with Crippen molar-refractivity contribution in [3.05, 3.63) is 103 Å². The average molecular weight is 573 g/mol. The highest BCUT2D eigenvalue weighted by atomic mass is 32.2. The van der Waals surface area contributed by atoms with Gasteiger partial charge >= 0.3 is 0 Å². The van der Waals surface area contributed by atoms with Crippen LogP contribution in [0.5, 0.6) is 11.5 Å². The van der Waals surface area contributed by atoms with Gasteiger partial charge in [0.2, 0.25) is 0 Å². The summed E-state index contributed by atoms with van der Waals surface area (Å²) in [7, 11) is -6.46. The first-order valence-corrected chi connectivity index (χ1v) is 16.4. The van der Waals surface area contributed by atoms with Crippen LogP contribution in [0, 0.1) is 0 Å². The molecule has 0 amide bonds. The van der Waals surface area contributed by atoms with Crippen LogP contribution in [0.15, 0.2) is 102 Å². The summed E-state index contributed by atoms with van der Waals surface area (Å²) in [6, 6.07) is 24.0. The molecule has 5 rings (SSSR count). The minimum atomic E-state index is -3.29. The van der Waals surface area contributed by atoms with E-state index in [1.165, 1.54) is 18.4 Å². The molecule has 9 heteroatoms. The Hall–Kier alpha value is -4.08. The lowest BCUT2D eigenvalue weighted by Crippen LogP contribution is -2.18. The Morgan fingerprint density at radius 1 is 0.775 bits per heavy atom. The highest BCUT2D eigenvalue weighted by Crippen LogP contribution is 2.33. The first-order valence-electron chi connectivity index (χ1n) is 12.6. The van der Waals surface area contributed by atoms with Gasteiger partial charge in [0.25, 0.3) is 0 Å². The van der Waals surface area contributed by atoms with Crippen LogP contribution in [0.3, 0.4) is 0 Å². The second kappa shape index (κ2) is 10.8. The normalized spacial score (nSPS) is 12.8. The van der Waals surface area contributed by atoms with Crippen LogP contribution in [-0.2, 0) is 26.1 Å². The van der Waals surface area contributed by atoms with Gasteiger partial charge in [-0.2, -0.15) is 0 Å². The van der Waals surface area contributed by atoms with E-state index in [2.05, 4.69) is 16.0 Å². The van der Waals surface area contributed by atoms with Gasteiger partial charge in [0.15, 0.2) is 9.84 Å². The minimum Gasteiger partial charge on any atom is -0.456 e. The van der Waals surface area contributed by atoms with Crippen molar-refractivity contribution >= 4 is 30.6 Å². The number of rotatable bonds is 8. The van der Waals surface area contributed by atoms with Crippen LogP contribution < -0.4 is 4.74 Å². The van der Waals surface area contributed by atoms with Crippen LogP contribution in [0.2, 0.25) is 0 Å². The Kier molecular flexibility index (Phi) is 7.44. The van der Waals surface area contributed by atoms with Crippen molar-refractivity contribution in [2.75, 3.05) is 12.5 Å². The van der Waals surface area contributed by atoms with Crippen LogP contribution >= 0.6 is 0 Å². The zero-order valence-corrected chi connectivity index (χ0v) is 23.9. The summed E-state index contributed by atoms with van der Waals surface area (Å²) in [4.78, 5) is 9.19. The Bertz CT molecular complexity index is 1920. The average Bonchev–Trinajstić information content (AvgIpc) is 2.92. The lowest BCUT2D eigenvalue weighted by Gasteiger charge is -2.14. The molecule has 0 spiro atoms. The third-order valence-electron chi connectivity index (χ3n) is 6.73. The summed E-state index contributed by atoms with van der Waals surface area (Å²) in [5, 5.41) is 0.442. The third-order valence-corrected chi connectivity index (χ3v) is 9.48. The van der Waals surface area contributed by atoms with Gasteiger partial charge in [0.1, 0.15) is 21.3 Å². The number of hydrogen-bond acceptors (Lipinski definition) is 7. The molecule has 3 aromatic carbocycles. The number of ether oxygens (including phenoxy) is 1. The largest absolute Gasteiger partial charge is 0.456 e. The van der Waals surface area contributed by atoms with Crippen LogP contribution in [-0.4, -0.2) is 44.6 Å². The van der Waals surface area contributed by atoms with E-state index >= 15 is 0 Å². The van der Waals surface area contributed by atoms with Gasteiger partial charge in [-0.15, -0.1) is 0 Å². The molecule has 0 fully saturated rings. The van der Waals surface area contributed by atoms with Crippen molar-refractivity contribution in [1.29, 1.82) is 0 Å². The van der Waals surface area contributed by atoms with Crippen molar-refractivity contribution in [2.24, 2.45) is 0 Å². The van der Waals surface area contributed by atoms with Crippen LogP contribution in [0.25, 0.3) is 33.2 Å². The Morgan fingerprint density at radius 2 is 1.52 bits per heavy atom. The van der Waals surface area contributed by atoms with E-state index in [4.69, 9.17) is 4.74 Å². The van der Waals surface area contributed by atoms with E-state index in [0.29, 0.717) is 17.9 Å². The molecule has 204 valence electrons. The number of nitrogens with zero attached hydrogens (tertiary/aromatic N) is 2. The van der Waals surface area contributed by atoms with E-state index in [9.17, 15) is 16.8 Å². The zero-order valence-electron chi connectivity index (χ0n) is 22.3. The second-order valence-corrected chi connectivity index (χ2v) is 14.4. The monoisotopic (exact) mass is 572 g/mol. The number of aromatic nitrogens is 2. The number of sulfone groups is 2. The zero-order chi connectivity index (χ0) is 28.5. The number of benzene rings is 3. The molecule has 0 saturated carbocycles. The minimum absolute atomic E-state index is 0.223. The highest BCUT2D eigenvalue weighted by molar-refractivity contribution is 7.91. The molecule has 0 aliphatic carbocycles. The van der Waals surface area contributed by atoms with Crippen LogP contribution in [0.1, 0.15) is 12.5 Å². The summed E-state index contributed by atoms with van der Waals surface area (Å²) in [5.74, 6) is 1.01. The van der Waals surface area contributed by atoms with Gasteiger partial charge in [-0.05, 0) is 84.6 Å². The molecule has 0 saturated heterocycles. The second-order valence-electron chi connectivity index (χ2n) is 9.90. The predicted molar refractivity (Wildman–Crippen MR) is 158 cm³/mol. The number of pyridine rings is 2. The van der Waals surface area contributed by atoms with Crippen molar-refractivity contribution in [2.45, 2.75) is 23.5 Å². The molecule has 0 aliphatic rings. The molecular formula is C31H28N2O5S2. The number of hydrogen-bond donors (Lipinski definition) is 0. The molecule has 1 unspecified atom stereocenters. The molecule has 0 N–H and O–H groups in total. The van der Waals surface area contributed by atoms with Crippen molar-refractivity contribution in [3.8, 4) is 33.8 Å². The first kappa shape index (κ1) is 27.5. The van der Waals surface area contributed by atoms with Crippen molar-refractivity contribution in [3.63, 3.8) is 0 Å². The maximum atomic E-state index is 12.1. The predicted octanol–water partition coefficient (Wildman–Crippen LogP) is 6.14. The molecule has 1 atom stereocenters. The van der Waals surface area contributed by atoms with Crippen LogP contribution in [0.4, 0.5) is 0 Å². The number of fused-ring (bicyclic) bond motifs is 1. The quantitative estimate of drug-likeness (QED) is 0.220. The fraction of sp³-hybridized carbons (Fsp3) is 0.161. The summed E-state index contributed by atoms with van der Waals surface area (Å²) in [6.07, 6.45) is 7.93. The lowest BCUT2D eigenvalue weighted by atomic mass is 9.95. The van der Waals surface area contributed by atoms with Crippen molar-refractivity contribution in [1.82, 2.24) is 9.97 Å². The van der Waals surface area contributed by atoms with E-state index in [-0.39, 0.29) is 4.90 Å². The molecule has 7 nitrogen and oxygen atoms in total. The van der Waals surface area contributed by atoms with Gasteiger partial charge in [0, 0.05) is 41.4 Å². The highest BCUT2D eigenvalue weighted by Gasteiger charge is 2.17. The summed E-state index contributed by atoms with van der Waals surface area (Å²) < 4.78 is 53.6. The van der Waals surface area contributed by atoms with Gasteiger partial charge in [-0.3, -0.25) is 9.97 Å². The van der Waals surface area contributed by atoms with E-state index in [0.717, 1.165) is 45.0 Å². The van der Waals surface area contributed by atoms with Gasteiger partial charge in [-0.25, -0.2) is 16.8 Å². The molecule has 40 heavy (non-hydrogen) atoms. The molecule has 2 aromatic heterocycles. The molecule has 0 aliphatic heterocycles. The van der Waals surface area contributed by atoms with Gasteiger partial charge < -0.3 is 4.74 Å².